The Morgan fingerprint density at radius 1 is 1.43 bits per heavy atom. The predicted octanol–water partition coefficient (Wildman–Crippen LogP) is 3.87. The summed E-state index contributed by atoms with van der Waals surface area (Å²) in [6.45, 7) is 2.01. The molecule has 0 saturated heterocycles. The van der Waals surface area contributed by atoms with Gasteiger partial charge in [0.05, 0.1) is 4.47 Å². The number of aliphatic imine (C=N–C) groups is 1. The van der Waals surface area contributed by atoms with Gasteiger partial charge >= 0.3 is 0 Å². The molecule has 0 bridgehead atoms. The summed E-state index contributed by atoms with van der Waals surface area (Å²) in [5, 5.41) is 0. The predicted molar refractivity (Wildman–Crippen MR) is 70.8 cm³/mol. The van der Waals surface area contributed by atoms with E-state index in [-0.39, 0.29) is 0 Å². The zero-order valence-corrected chi connectivity index (χ0v) is 11.5. The van der Waals surface area contributed by atoms with Crippen molar-refractivity contribution in [3.63, 3.8) is 0 Å². The van der Waals surface area contributed by atoms with E-state index in [1.165, 1.54) is 0 Å². The van der Waals surface area contributed by atoms with Crippen LogP contribution >= 0.6 is 39.5 Å². The molecule has 2 nitrogen and oxygen atoms in total. The Morgan fingerprint density at radius 3 is 2.57 bits per heavy atom. The SMILES string of the molecule is CSC(=Nc1ncc(C)cc1Br)SC. The maximum Gasteiger partial charge on any atom is 0.168 e. The molecule has 1 aromatic heterocycles. The number of thioether (sulfide) groups is 2. The Bertz CT molecular complexity index is 347. The molecule has 1 rings (SSSR count). The zero-order valence-electron chi connectivity index (χ0n) is 8.24. The van der Waals surface area contributed by atoms with Crippen molar-refractivity contribution in [3.8, 4) is 0 Å². The number of pyridine rings is 1. The van der Waals surface area contributed by atoms with E-state index in [0.717, 1.165) is 20.2 Å². The first-order valence-corrected chi connectivity index (χ1v) is 7.20. The van der Waals surface area contributed by atoms with E-state index in [1.54, 1.807) is 23.5 Å². The molecule has 0 unspecified atom stereocenters. The van der Waals surface area contributed by atoms with Gasteiger partial charge in [-0.1, -0.05) is 0 Å². The van der Waals surface area contributed by atoms with Crippen LogP contribution in [0.3, 0.4) is 0 Å². The van der Waals surface area contributed by atoms with Gasteiger partial charge in [0, 0.05) is 6.20 Å². The van der Waals surface area contributed by atoms with Crippen LogP contribution < -0.4 is 0 Å². The second-order valence-electron chi connectivity index (χ2n) is 2.60. The molecule has 76 valence electrons. The fourth-order valence-electron chi connectivity index (χ4n) is 0.870. The Balaban J connectivity index is 3.02. The third-order valence-corrected chi connectivity index (χ3v) is 3.97. The van der Waals surface area contributed by atoms with Crippen molar-refractivity contribution in [1.82, 2.24) is 4.98 Å². The average Bonchev–Trinajstić information content (AvgIpc) is 2.17. The quantitative estimate of drug-likeness (QED) is 0.580. The largest absolute Gasteiger partial charge is 0.236 e. The molecule has 0 fully saturated rings. The second-order valence-corrected chi connectivity index (χ2v) is 5.31. The van der Waals surface area contributed by atoms with Gasteiger partial charge in [-0.2, -0.15) is 0 Å². The first kappa shape index (κ1) is 12.1. The number of halogens is 1. The van der Waals surface area contributed by atoms with Gasteiger partial charge in [0.15, 0.2) is 5.82 Å². The van der Waals surface area contributed by atoms with Gasteiger partial charge < -0.3 is 0 Å². The van der Waals surface area contributed by atoms with Gasteiger partial charge in [0.25, 0.3) is 0 Å². The molecule has 0 aromatic carbocycles. The normalized spacial score (nSPS) is 10.0. The van der Waals surface area contributed by atoms with Crippen LogP contribution in [0.1, 0.15) is 5.56 Å². The van der Waals surface area contributed by atoms with Crippen LogP contribution in [0, 0.1) is 6.92 Å². The van der Waals surface area contributed by atoms with Crippen LogP contribution in [-0.2, 0) is 0 Å². The van der Waals surface area contributed by atoms with Crippen molar-refractivity contribution in [2.45, 2.75) is 6.92 Å². The van der Waals surface area contributed by atoms with E-state index in [2.05, 4.69) is 25.9 Å². The minimum absolute atomic E-state index is 0.745. The van der Waals surface area contributed by atoms with Crippen molar-refractivity contribution >= 4 is 49.6 Å². The minimum atomic E-state index is 0.745. The third kappa shape index (κ3) is 3.29. The lowest BCUT2D eigenvalue weighted by molar-refractivity contribution is 1.22. The number of aryl methyl sites for hydroxylation is 1. The Kier molecular flexibility index (Phi) is 4.98. The number of rotatable bonds is 1. The lowest BCUT2D eigenvalue weighted by Gasteiger charge is -2.01. The van der Waals surface area contributed by atoms with Crippen molar-refractivity contribution < 1.29 is 0 Å². The van der Waals surface area contributed by atoms with Gasteiger partial charge in [0.1, 0.15) is 4.38 Å². The number of nitrogens with zero attached hydrogens (tertiary/aromatic N) is 2. The van der Waals surface area contributed by atoms with Crippen LogP contribution in [0.4, 0.5) is 5.82 Å². The van der Waals surface area contributed by atoms with Crippen molar-refractivity contribution in [2.75, 3.05) is 12.5 Å². The number of aromatic nitrogens is 1. The van der Waals surface area contributed by atoms with E-state index >= 15 is 0 Å². The highest BCUT2D eigenvalue weighted by atomic mass is 79.9. The fourth-order valence-corrected chi connectivity index (χ4v) is 2.44. The molecular formula is C9H11BrN2S2. The molecule has 0 aliphatic heterocycles. The zero-order chi connectivity index (χ0) is 10.6. The molecule has 5 heteroatoms. The molecule has 0 saturated carbocycles. The fraction of sp³-hybridized carbons (Fsp3) is 0.333. The molecule has 1 aromatic rings. The molecule has 1 heterocycles. The monoisotopic (exact) mass is 290 g/mol. The Morgan fingerprint density at radius 2 is 2.07 bits per heavy atom. The highest BCUT2D eigenvalue weighted by Crippen LogP contribution is 2.26. The molecule has 14 heavy (non-hydrogen) atoms. The van der Waals surface area contributed by atoms with Crippen LogP contribution in [0.25, 0.3) is 0 Å². The number of hydrogen-bond donors (Lipinski definition) is 0. The molecule has 0 atom stereocenters. The molecule has 0 aliphatic carbocycles. The molecule has 0 aliphatic rings. The molecule has 0 amide bonds. The maximum atomic E-state index is 4.42. The summed E-state index contributed by atoms with van der Waals surface area (Å²) in [5.74, 6) is 0.745. The van der Waals surface area contributed by atoms with Gasteiger partial charge in [0.2, 0.25) is 0 Å². The van der Waals surface area contributed by atoms with Crippen molar-refractivity contribution in [2.24, 2.45) is 4.99 Å². The topological polar surface area (TPSA) is 25.2 Å². The molecular weight excluding hydrogens is 280 g/mol. The van der Waals surface area contributed by atoms with Crippen molar-refractivity contribution in [3.05, 3.63) is 22.3 Å². The van der Waals surface area contributed by atoms with E-state index < -0.39 is 0 Å². The summed E-state index contributed by atoms with van der Waals surface area (Å²) in [7, 11) is 0. The van der Waals surface area contributed by atoms with Crippen LogP contribution in [0.2, 0.25) is 0 Å². The van der Waals surface area contributed by atoms with E-state index in [0.29, 0.717) is 0 Å². The standard InChI is InChI=1S/C9H11BrN2S2/c1-6-4-7(10)8(11-5-6)12-9(13-2)14-3/h4-5H,1-3H3. The molecule has 0 N–H and O–H groups in total. The van der Waals surface area contributed by atoms with Gasteiger partial charge in [-0.15, -0.1) is 23.5 Å². The van der Waals surface area contributed by atoms with Gasteiger partial charge in [-0.05, 0) is 47.0 Å². The summed E-state index contributed by atoms with van der Waals surface area (Å²) >= 11 is 6.71. The first-order chi connectivity index (χ1) is 6.67. The third-order valence-electron chi connectivity index (χ3n) is 1.50. The summed E-state index contributed by atoms with van der Waals surface area (Å²) in [5.41, 5.74) is 1.13. The Labute approximate surface area is 101 Å². The summed E-state index contributed by atoms with van der Waals surface area (Å²) in [6, 6.07) is 2.02. The smallest absolute Gasteiger partial charge is 0.168 e. The van der Waals surface area contributed by atoms with Gasteiger partial charge in [-0.3, -0.25) is 0 Å². The minimum Gasteiger partial charge on any atom is -0.236 e. The average molecular weight is 291 g/mol. The lowest BCUT2D eigenvalue weighted by atomic mass is 10.3. The Hall–Kier alpha value is -0.000000000000000111. The molecule has 0 spiro atoms. The van der Waals surface area contributed by atoms with E-state index in [4.69, 9.17) is 0 Å². The number of hydrogen-bond acceptors (Lipinski definition) is 4. The van der Waals surface area contributed by atoms with Crippen LogP contribution in [0.5, 0.6) is 0 Å². The maximum absolute atomic E-state index is 4.42. The van der Waals surface area contributed by atoms with E-state index in [1.807, 2.05) is 31.7 Å². The van der Waals surface area contributed by atoms with E-state index in [9.17, 15) is 0 Å². The highest BCUT2D eigenvalue weighted by Gasteiger charge is 2.01. The summed E-state index contributed by atoms with van der Waals surface area (Å²) < 4.78 is 1.96. The van der Waals surface area contributed by atoms with Gasteiger partial charge in [-0.25, -0.2) is 9.98 Å². The summed E-state index contributed by atoms with van der Waals surface area (Å²) in [6.07, 6.45) is 5.84. The van der Waals surface area contributed by atoms with Crippen molar-refractivity contribution in [1.29, 1.82) is 0 Å². The lowest BCUT2D eigenvalue weighted by Crippen LogP contribution is -1.85. The summed E-state index contributed by atoms with van der Waals surface area (Å²) in [4.78, 5) is 8.67. The van der Waals surface area contributed by atoms with Crippen LogP contribution in [0.15, 0.2) is 21.7 Å². The first-order valence-electron chi connectivity index (χ1n) is 3.96. The highest BCUT2D eigenvalue weighted by molar-refractivity contribution is 9.10. The van der Waals surface area contributed by atoms with Crippen LogP contribution in [-0.4, -0.2) is 21.9 Å². The second kappa shape index (κ2) is 5.78. The molecule has 0 radical (unpaired) electrons.